The van der Waals surface area contributed by atoms with Crippen LogP contribution in [0.4, 0.5) is 0 Å². The molecule has 0 radical (unpaired) electrons. The number of aliphatic hydroxyl groups excluding tert-OH is 1. The fraction of sp³-hybridized carbons (Fsp3) is 0.571. The quantitative estimate of drug-likeness (QED) is 0.802. The van der Waals surface area contributed by atoms with Crippen molar-refractivity contribution in [3.63, 3.8) is 0 Å². The van der Waals surface area contributed by atoms with E-state index in [4.69, 9.17) is 0 Å². The lowest BCUT2D eigenvalue weighted by molar-refractivity contribution is 0.237. The molecule has 1 heteroatoms. The van der Waals surface area contributed by atoms with E-state index in [2.05, 4.69) is 32.0 Å². The van der Waals surface area contributed by atoms with Crippen molar-refractivity contribution in [2.24, 2.45) is 5.92 Å². The van der Waals surface area contributed by atoms with Crippen molar-refractivity contribution in [3.05, 3.63) is 34.9 Å². The van der Waals surface area contributed by atoms with Gasteiger partial charge in [-0.3, -0.25) is 0 Å². The fourth-order valence-electron chi connectivity index (χ4n) is 2.52. The van der Waals surface area contributed by atoms with Gasteiger partial charge in [0, 0.05) is 5.92 Å². The third kappa shape index (κ3) is 2.07. The highest BCUT2D eigenvalue weighted by Crippen LogP contribution is 2.29. The summed E-state index contributed by atoms with van der Waals surface area (Å²) in [5.74, 6) is 0.811. The Morgan fingerprint density at radius 1 is 1.20 bits per heavy atom. The van der Waals surface area contributed by atoms with Crippen molar-refractivity contribution < 1.29 is 5.11 Å². The Morgan fingerprint density at radius 3 is 2.60 bits per heavy atom. The van der Waals surface area contributed by atoms with Crippen molar-refractivity contribution in [2.45, 2.75) is 39.0 Å². The van der Waals surface area contributed by atoms with Gasteiger partial charge < -0.3 is 5.11 Å². The maximum absolute atomic E-state index is 9.40. The number of hydrogen-bond donors (Lipinski definition) is 1. The first-order chi connectivity index (χ1) is 7.22. The summed E-state index contributed by atoms with van der Waals surface area (Å²) < 4.78 is 0. The van der Waals surface area contributed by atoms with Crippen LogP contribution in [0.25, 0.3) is 0 Å². The highest BCUT2D eigenvalue weighted by Gasteiger charge is 2.17. The van der Waals surface area contributed by atoms with Crippen LogP contribution in [-0.2, 0) is 12.8 Å². The van der Waals surface area contributed by atoms with Crippen molar-refractivity contribution >= 4 is 0 Å². The molecule has 1 aromatic carbocycles. The second kappa shape index (κ2) is 4.36. The van der Waals surface area contributed by atoms with Gasteiger partial charge in [-0.25, -0.2) is 0 Å². The lowest BCUT2D eigenvalue weighted by Crippen LogP contribution is -2.11. The molecule has 15 heavy (non-hydrogen) atoms. The highest BCUT2D eigenvalue weighted by molar-refractivity contribution is 5.36. The molecular weight excluding hydrogens is 184 g/mol. The lowest BCUT2D eigenvalue weighted by Gasteiger charge is -2.19. The van der Waals surface area contributed by atoms with E-state index in [9.17, 15) is 5.11 Å². The van der Waals surface area contributed by atoms with Gasteiger partial charge in [0.25, 0.3) is 0 Å². The molecular formula is C14H20O. The largest absolute Gasteiger partial charge is 0.396 e. The maximum atomic E-state index is 9.40. The zero-order valence-corrected chi connectivity index (χ0v) is 9.66. The molecule has 1 atom stereocenters. The molecule has 1 aliphatic rings. The number of rotatable bonds is 3. The van der Waals surface area contributed by atoms with Gasteiger partial charge in [-0.2, -0.15) is 0 Å². The molecule has 0 aliphatic heterocycles. The molecule has 1 unspecified atom stereocenters. The summed E-state index contributed by atoms with van der Waals surface area (Å²) in [7, 11) is 0. The molecule has 1 nitrogen and oxygen atoms in total. The average Bonchev–Trinajstić information content (AvgIpc) is 2.65. The molecule has 0 fully saturated rings. The van der Waals surface area contributed by atoms with Gasteiger partial charge in [0.15, 0.2) is 0 Å². The van der Waals surface area contributed by atoms with E-state index in [1.54, 1.807) is 0 Å². The van der Waals surface area contributed by atoms with Crippen LogP contribution in [0.5, 0.6) is 0 Å². The first kappa shape index (κ1) is 10.7. The highest BCUT2D eigenvalue weighted by atomic mass is 16.3. The Bertz CT molecular complexity index is 341. The Kier molecular flexibility index (Phi) is 3.11. The van der Waals surface area contributed by atoms with Gasteiger partial charge in [0.1, 0.15) is 0 Å². The van der Waals surface area contributed by atoms with Gasteiger partial charge in [-0.15, -0.1) is 0 Å². The van der Waals surface area contributed by atoms with Gasteiger partial charge in [-0.1, -0.05) is 32.0 Å². The summed E-state index contributed by atoms with van der Waals surface area (Å²) in [5, 5.41) is 9.40. The van der Waals surface area contributed by atoms with Crippen molar-refractivity contribution in [3.8, 4) is 0 Å². The lowest BCUT2D eigenvalue weighted by atomic mass is 9.88. The molecule has 0 amide bonds. The zero-order valence-electron chi connectivity index (χ0n) is 9.66. The number of fused-ring (bicyclic) bond motifs is 1. The van der Waals surface area contributed by atoms with Crippen LogP contribution in [0, 0.1) is 5.92 Å². The van der Waals surface area contributed by atoms with Gasteiger partial charge in [-0.05, 0) is 41.9 Å². The van der Waals surface area contributed by atoms with E-state index in [-0.39, 0.29) is 6.61 Å². The summed E-state index contributed by atoms with van der Waals surface area (Å²) in [4.78, 5) is 0. The first-order valence-electron chi connectivity index (χ1n) is 5.95. The number of aryl methyl sites for hydroxylation is 2. The third-order valence-corrected chi connectivity index (χ3v) is 3.55. The molecule has 0 heterocycles. The van der Waals surface area contributed by atoms with Crippen LogP contribution in [0.15, 0.2) is 18.2 Å². The molecule has 2 rings (SSSR count). The molecule has 0 saturated carbocycles. The summed E-state index contributed by atoms with van der Waals surface area (Å²) in [5.41, 5.74) is 4.33. The SMILES string of the molecule is CC(C)C(CO)c1ccc2c(c1)CCC2. The molecule has 1 aromatic rings. The van der Waals surface area contributed by atoms with Crippen LogP contribution in [0.2, 0.25) is 0 Å². The summed E-state index contributed by atoms with van der Waals surface area (Å²) in [6.07, 6.45) is 3.75. The third-order valence-electron chi connectivity index (χ3n) is 3.55. The van der Waals surface area contributed by atoms with Gasteiger partial charge in [0.2, 0.25) is 0 Å². The van der Waals surface area contributed by atoms with E-state index in [1.807, 2.05) is 0 Å². The second-order valence-corrected chi connectivity index (χ2v) is 4.91. The molecule has 0 aromatic heterocycles. The first-order valence-corrected chi connectivity index (χ1v) is 5.95. The topological polar surface area (TPSA) is 20.2 Å². The zero-order chi connectivity index (χ0) is 10.8. The van der Waals surface area contributed by atoms with E-state index in [0.29, 0.717) is 11.8 Å². The predicted octanol–water partition coefficient (Wildman–Crippen LogP) is 2.91. The molecule has 1 N–H and O–H groups in total. The number of benzene rings is 1. The summed E-state index contributed by atoms with van der Waals surface area (Å²) in [6.45, 7) is 4.61. The van der Waals surface area contributed by atoms with Crippen LogP contribution in [0.3, 0.4) is 0 Å². The Morgan fingerprint density at radius 2 is 1.93 bits per heavy atom. The van der Waals surface area contributed by atoms with Crippen LogP contribution in [0.1, 0.15) is 42.9 Å². The maximum Gasteiger partial charge on any atom is 0.0502 e. The van der Waals surface area contributed by atoms with Crippen LogP contribution >= 0.6 is 0 Å². The minimum atomic E-state index is 0.260. The fourth-order valence-corrected chi connectivity index (χ4v) is 2.52. The Balaban J connectivity index is 2.28. The number of aliphatic hydroxyl groups is 1. The van der Waals surface area contributed by atoms with E-state index in [1.165, 1.54) is 36.0 Å². The molecule has 82 valence electrons. The van der Waals surface area contributed by atoms with Gasteiger partial charge in [0.05, 0.1) is 6.61 Å². The van der Waals surface area contributed by atoms with Crippen LogP contribution in [-0.4, -0.2) is 11.7 Å². The number of hydrogen-bond acceptors (Lipinski definition) is 1. The van der Waals surface area contributed by atoms with Crippen molar-refractivity contribution in [1.82, 2.24) is 0 Å². The molecule has 0 bridgehead atoms. The van der Waals surface area contributed by atoms with Crippen molar-refractivity contribution in [1.29, 1.82) is 0 Å². The monoisotopic (exact) mass is 204 g/mol. The standard InChI is InChI=1S/C14H20O/c1-10(2)14(9-15)13-7-6-11-4-3-5-12(11)8-13/h6-8,10,14-15H,3-5,9H2,1-2H3. The smallest absolute Gasteiger partial charge is 0.0502 e. The minimum Gasteiger partial charge on any atom is -0.396 e. The van der Waals surface area contributed by atoms with E-state index >= 15 is 0 Å². The van der Waals surface area contributed by atoms with Crippen LogP contribution < -0.4 is 0 Å². The molecule has 1 aliphatic carbocycles. The predicted molar refractivity (Wildman–Crippen MR) is 63.1 cm³/mol. The van der Waals surface area contributed by atoms with Crippen molar-refractivity contribution in [2.75, 3.05) is 6.61 Å². The minimum absolute atomic E-state index is 0.260. The van der Waals surface area contributed by atoms with E-state index < -0.39 is 0 Å². The van der Waals surface area contributed by atoms with Gasteiger partial charge >= 0.3 is 0 Å². The molecule has 0 spiro atoms. The molecule has 0 saturated heterocycles. The second-order valence-electron chi connectivity index (χ2n) is 4.91. The van der Waals surface area contributed by atoms with E-state index in [0.717, 1.165) is 0 Å². The summed E-state index contributed by atoms with van der Waals surface area (Å²) in [6, 6.07) is 6.76. The Hall–Kier alpha value is -0.820. The normalized spacial score (nSPS) is 16.8. The Labute approximate surface area is 92.1 Å². The average molecular weight is 204 g/mol. The summed E-state index contributed by atoms with van der Waals surface area (Å²) >= 11 is 0.